The second-order valence-electron chi connectivity index (χ2n) is 18.3. The zero-order chi connectivity index (χ0) is 46.1. The summed E-state index contributed by atoms with van der Waals surface area (Å²) in [4.78, 5) is 2.43. The lowest BCUT2D eigenvalue weighted by Gasteiger charge is -2.29. The first-order valence-electron chi connectivity index (χ1n) is 24.2. The number of furan rings is 1. The van der Waals surface area contributed by atoms with Crippen LogP contribution in [-0.2, 0) is 0 Å². The summed E-state index contributed by atoms with van der Waals surface area (Å²) in [5.41, 5.74) is 19.5. The molecule has 3 aromatic heterocycles. The van der Waals surface area contributed by atoms with Gasteiger partial charge in [0.2, 0.25) is 0 Å². The maximum atomic E-state index is 6.48. The first-order chi connectivity index (χ1) is 34.7. The SMILES string of the molecule is C1=c2oc3ccccc3c2=C(c2ccccc2N(c2ccc(-c3ccc4c(c3)c3ccccc3n4-c3ccccc3)cc2)c2ccc(-c3ccc4c(c3)c3ccccc3n4-c3ccccc3)cc2)CC1. The summed E-state index contributed by atoms with van der Waals surface area (Å²) in [5.74, 6) is 0. The molecule has 0 N–H and O–H groups in total. The molecule has 4 nitrogen and oxygen atoms in total. The summed E-state index contributed by atoms with van der Waals surface area (Å²) in [7, 11) is 0. The van der Waals surface area contributed by atoms with Crippen molar-refractivity contribution in [2.45, 2.75) is 12.8 Å². The second kappa shape index (κ2) is 16.3. The number of hydrogen-bond donors (Lipinski definition) is 0. The van der Waals surface area contributed by atoms with Crippen LogP contribution in [0, 0.1) is 0 Å². The highest BCUT2D eigenvalue weighted by Gasteiger charge is 2.22. The van der Waals surface area contributed by atoms with Crippen LogP contribution in [0.5, 0.6) is 0 Å². The number of anilines is 3. The van der Waals surface area contributed by atoms with Crippen LogP contribution < -0.4 is 15.5 Å². The smallest absolute Gasteiger partial charge is 0.135 e. The van der Waals surface area contributed by atoms with Crippen LogP contribution in [0.3, 0.4) is 0 Å². The van der Waals surface area contributed by atoms with Gasteiger partial charge in [0.25, 0.3) is 0 Å². The topological polar surface area (TPSA) is 26.2 Å². The lowest BCUT2D eigenvalue weighted by Crippen LogP contribution is -2.27. The molecule has 0 radical (unpaired) electrons. The highest BCUT2D eigenvalue weighted by molar-refractivity contribution is 6.11. The monoisotopic (exact) mass is 895 g/mol. The van der Waals surface area contributed by atoms with E-state index in [0.29, 0.717) is 0 Å². The first-order valence-corrected chi connectivity index (χ1v) is 24.2. The van der Waals surface area contributed by atoms with Gasteiger partial charge in [0.15, 0.2) is 0 Å². The summed E-state index contributed by atoms with van der Waals surface area (Å²) < 4.78 is 11.2. The molecular formula is C66H45N3O. The van der Waals surface area contributed by atoms with Gasteiger partial charge in [-0.05, 0) is 144 Å². The Labute approximate surface area is 405 Å². The molecule has 14 rings (SSSR count). The fourth-order valence-electron chi connectivity index (χ4n) is 11.2. The largest absolute Gasteiger partial charge is 0.456 e. The van der Waals surface area contributed by atoms with Crippen LogP contribution >= 0.6 is 0 Å². The van der Waals surface area contributed by atoms with Gasteiger partial charge in [0, 0.05) is 60.5 Å². The normalized spacial score (nSPS) is 12.5. The third-order valence-electron chi connectivity index (χ3n) is 14.4. The van der Waals surface area contributed by atoms with Crippen molar-refractivity contribution in [2.75, 3.05) is 4.90 Å². The van der Waals surface area contributed by atoms with Gasteiger partial charge in [-0.15, -0.1) is 0 Å². The average molecular weight is 896 g/mol. The van der Waals surface area contributed by atoms with Crippen molar-refractivity contribution < 1.29 is 4.42 Å². The molecule has 0 spiro atoms. The molecule has 0 amide bonds. The van der Waals surface area contributed by atoms with Crippen molar-refractivity contribution in [3.8, 4) is 33.6 Å². The van der Waals surface area contributed by atoms with Crippen LogP contribution in [0.4, 0.5) is 17.1 Å². The average Bonchev–Trinajstić information content (AvgIpc) is 4.10. The maximum absolute atomic E-state index is 6.48. The Morgan fingerprint density at radius 3 is 1.40 bits per heavy atom. The predicted octanol–water partition coefficient (Wildman–Crippen LogP) is 16.2. The van der Waals surface area contributed by atoms with Gasteiger partial charge < -0.3 is 18.5 Å². The van der Waals surface area contributed by atoms with Gasteiger partial charge >= 0.3 is 0 Å². The van der Waals surface area contributed by atoms with Crippen LogP contribution in [-0.4, -0.2) is 9.13 Å². The van der Waals surface area contributed by atoms with E-state index in [2.05, 4.69) is 263 Å². The summed E-state index contributed by atoms with van der Waals surface area (Å²) in [6.45, 7) is 0. The number of rotatable bonds is 8. The minimum absolute atomic E-state index is 0.919. The van der Waals surface area contributed by atoms with E-state index >= 15 is 0 Å². The highest BCUT2D eigenvalue weighted by atomic mass is 16.3. The molecule has 0 atom stereocenters. The van der Waals surface area contributed by atoms with Gasteiger partial charge in [-0.25, -0.2) is 0 Å². The van der Waals surface area contributed by atoms with Gasteiger partial charge in [0.05, 0.1) is 27.8 Å². The minimum Gasteiger partial charge on any atom is -0.456 e. The lowest BCUT2D eigenvalue weighted by atomic mass is 9.92. The highest BCUT2D eigenvalue weighted by Crippen LogP contribution is 2.43. The zero-order valence-electron chi connectivity index (χ0n) is 38.3. The molecule has 0 unspecified atom stereocenters. The Morgan fingerprint density at radius 1 is 0.371 bits per heavy atom. The Balaban J connectivity index is 0.899. The van der Waals surface area contributed by atoms with E-state index in [1.807, 2.05) is 0 Å². The van der Waals surface area contributed by atoms with E-state index in [0.717, 1.165) is 57.7 Å². The Kier molecular flexibility index (Phi) is 9.31. The summed E-state index contributed by atoms with van der Waals surface area (Å²) in [6, 6.07) is 88.2. The molecule has 0 saturated heterocycles. The van der Waals surface area contributed by atoms with E-state index in [1.54, 1.807) is 0 Å². The van der Waals surface area contributed by atoms with Crippen molar-refractivity contribution in [1.29, 1.82) is 0 Å². The number of hydrogen-bond acceptors (Lipinski definition) is 2. The molecule has 0 saturated carbocycles. The zero-order valence-corrected chi connectivity index (χ0v) is 38.3. The predicted molar refractivity (Wildman–Crippen MR) is 292 cm³/mol. The van der Waals surface area contributed by atoms with E-state index in [9.17, 15) is 0 Å². The number of nitrogens with zero attached hydrogens (tertiary/aromatic N) is 3. The first kappa shape index (κ1) is 40.0. The fraction of sp³-hybridized carbons (Fsp3) is 0.0303. The molecule has 70 heavy (non-hydrogen) atoms. The molecule has 330 valence electrons. The molecule has 10 aromatic carbocycles. The van der Waals surface area contributed by atoms with Crippen LogP contribution in [0.25, 0.3) is 99.9 Å². The Morgan fingerprint density at radius 2 is 0.829 bits per heavy atom. The third-order valence-corrected chi connectivity index (χ3v) is 14.4. The van der Waals surface area contributed by atoms with E-state index < -0.39 is 0 Å². The second-order valence-corrected chi connectivity index (χ2v) is 18.3. The molecule has 13 aromatic rings. The molecule has 1 aliphatic rings. The third kappa shape index (κ3) is 6.45. The molecule has 1 aliphatic carbocycles. The summed E-state index contributed by atoms with van der Waals surface area (Å²) >= 11 is 0. The van der Waals surface area contributed by atoms with Crippen LogP contribution in [0.1, 0.15) is 18.4 Å². The quantitative estimate of drug-likeness (QED) is 0.152. The number of aromatic nitrogens is 2. The van der Waals surface area contributed by atoms with Crippen LogP contribution in [0.15, 0.2) is 247 Å². The molecule has 0 aliphatic heterocycles. The molecule has 4 heteroatoms. The number of para-hydroxylation sites is 6. The lowest BCUT2D eigenvalue weighted by molar-refractivity contribution is 0.571. The fourth-order valence-corrected chi connectivity index (χ4v) is 11.2. The van der Waals surface area contributed by atoms with Crippen molar-refractivity contribution in [3.05, 3.63) is 259 Å². The minimum atomic E-state index is 0.919. The Bertz CT molecular complexity index is 4070. The molecular weight excluding hydrogens is 851 g/mol. The standard InChI is InChI=1S/C66H45N3O/c1-3-16-48(17-4-1)68-60-26-12-8-21-53(60)57-42-46(34-40-62(57)68)44-30-36-50(37-31-44)67(59-25-11-7-20-52(59)55-24-15-29-65-66(55)56-23-10-14-28-64(56)70-65)51-38-32-45(33-39-51)47-35-41-63-58(43-47)54-22-9-13-27-61(54)69(63)49-18-5-2-6-19-49/h1-14,16-23,25-43H,15,24H2. The summed E-state index contributed by atoms with van der Waals surface area (Å²) in [5, 5.41) is 7.34. The molecule has 0 fully saturated rings. The Hall–Kier alpha value is -9.12. The molecule has 0 bridgehead atoms. The summed E-state index contributed by atoms with van der Waals surface area (Å²) in [6.07, 6.45) is 4.10. The van der Waals surface area contributed by atoms with E-state index in [4.69, 9.17) is 4.42 Å². The van der Waals surface area contributed by atoms with Gasteiger partial charge in [-0.2, -0.15) is 0 Å². The van der Waals surface area contributed by atoms with E-state index in [-0.39, 0.29) is 0 Å². The molecule has 3 heterocycles. The maximum Gasteiger partial charge on any atom is 0.135 e. The van der Waals surface area contributed by atoms with Gasteiger partial charge in [-0.1, -0.05) is 146 Å². The van der Waals surface area contributed by atoms with E-state index in [1.165, 1.54) is 82.2 Å². The van der Waals surface area contributed by atoms with Gasteiger partial charge in [0.1, 0.15) is 11.0 Å². The van der Waals surface area contributed by atoms with Crippen molar-refractivity contribution in [3.63, 3.8) is 0 Å². The van der Waals surface area contributed by atoms with Crippen LogP contribution in [0.2, 0.25) is 0 Å². The van der Waals surface area contributed by atoms with Crippen molar-refractivity contribution >= 4 is 83.3 Å². The van der Waals surface area contributed by atoms with Gasteiger partial charge in [-0.3, -0.25) is 0 Å². The number of fused-ring (bicyclic) bond motifs is 9. The van der Waals surface area contributed by atoms with Crippen molar-refractivity contribution in [1.82, 2.24) is 9.13 Å². The van der Waals surface area contributed by atoms with Crippen molar-refractivity contribution in [2.24, 2.45) is 0 Å². The number of benzene rings is 10.